The number of furan rings is 1. The van der Waals surface area contributed by atoms with E-state index in [-0.39, 0.29) is 38.5 Å². The van der Waals surface area contributed by atoms with Crippen molar-refractivity contribution in [2.45, 2.75) is 52.0 Å². The van der Waals surface area contributed by atoms with Crippen molar-refractivity contribution in [3.05, 3.63) is 126 Å². The van der Waals surface area contributed by atoms with Gasteiger partial charge in [-0.1, -0.05) is 97.3 Å². The molecule has 2 aliphatic carbocycles. The second kappa shape index (κ2) is 17.8. The number of halogens is 1. The lowest BCUT2D eigenvalue weighted by molar-refractivity contribution is -0.528. The molecule has 45 heavy (non-hydrogen) atoms. The quantitative estimate of drug-likeness (QED) is 0.0717. The zero-order valence-corrected chi connectivity index (χ0v) is 29.3. The van der Waals surface area contributed by atoms with Crippen LogP contribution in [0.25, 0.3) is 17.0 Å². The van der Waals surface area contributed by atoms with Gasteiger partial charge in [0.05, 0.1) is 6.04 Å². The van der Waals surface area contributed by atoms with Crippen molar-refractivity contribution < 1.29 is 9.73 Å². The summed E-state index contributed by atoms with van der Waals surface area (Å²) in [5, 5.41) is 11.8. The molecule has 6 heteroatoms. The van der Waals surface area contributed by atoms with E-state index >= 15 is 0 Å². The molecule has 0 fully saturated rings. The Morgan fingerprint density at radius 3 is 2.80 bits per heavy atom. The normalized spacial score (nSPS) is 20.8. The summed E-state index contributed by atoms with van der Waals surface area (Å²) in [5.74, 6) is 2.81. The third-order valence-electron chi connectivity index (χ3n) is 8.10. The van der Waals surface area contributed by atoms with E-state index in [1.54, 1.807) is 12.2 Å². The molecule has 3 unspecified atom stereocenters. The monoisotopic (exact) mass is 715 g/mol. The minimum absolute atomic E-state index is 0.0950. The molecule has 0 saturated carbocycles. The summed E-state index contributed by atoms with van der Waals surface area (Å²) in [4.78, 5) is 7.22. The second-order valence-corrected chi connectivity index (χ2v) is 14.1. The van der Waals surface area contributed by atoms with Gasteiger partial charge in [-0.15, -0.1) is 20.7 Å². The van der Waals surface area contributed by atoms with Crippen LogP contribution in [0.1, 0.15) is 57.3 Å². The summed E-state index contributed by atoms with van der Waals surface area (Å²) in [5.41, 5.74) is 4.72. The van der Waals surface area contributed by atoms with Gasteiger partial charge in [0.25, 0.3) is 0 Å². The third-order valence-corrected chi connectivity index (χ3v) is 10.9. The van der Waals surface area contributed by atoms with Gasteiger partial charge >= 0.3 is 0 Å². The van der Waals surface area contributed by atoms with Crippen molar-refractivity contribution >= 4 is 53.5 Å². The number of amidine groups is 2. The van der Waals surface area contributed by atoms with Crippen LogP contribution in [0.15, 0.2) is 124 Å². The number of benzene rings is 1. The van der Waals surface area contributed by atoms with E-state index in [0.717, 1.165) is 43.0 Å². The van der Waals surface area contributed by atoms with Crippen molar-refractivity contribution in [1.82, 2.24) is 4.90 Å². The molecule has 3 atom stereocenters. The first-order valence-corrected chi connectivity index (χ1v) is 18.7. The molecule has 0 aliphatic heterocycles. The average Bonchev–Trinajstić information content (AvgIpc) is 3.43. The van der Waals surface area contributed by atoms with E-state index in [0.29, 0.717) is 5.92 Å². The summed E-state index contributed by atoms with van der Waals surface area (Å²) < 4.78 is 10.3. The molecule has 236 valence electrons. The molecule has 0 amide bonds. The van der Waals surface area contributed by atoms with Gasteiger partial charge in [0.15, 0.2) is 5.84 Å². The predicted molar refractivity (Wildman–Crippen MR) is 204 cm³/mol. The Labute approximate surface area is 279 Å². The SMILES string of the molecule is C=CC=CC=CC(=N)N=C([NH2+]CC=CC=CC)C1=CC=C(N(C)C2C=Cc3c(oc4ccccc34)C2CCI=CCC)CC1C. The maximum atomic E-state index is 8.48. The first kappa shape index (κ1) is 34.3. The smallest absolute Gasteiger partial charge is 0.230 e. The van der Waals surface area contributed by atoms with Crippen LogP contribution in [-0.4, -0.2) is 44.6 Å². The summed E-state index contributed by atoms with van der Waals surface area (Å²) in [6.45, 7) is 11.0. The highest BCUT2D eigenvalue weighted by molar-refractivity contribution is 14.2. The molecule has 4 rings (SSSR count). The molecule has 1 heterocycles. The van der Waals surface area contributed by atoms with Crippen LogP contribution >= 0.6 is 20.7 Å². The maximum absolute atomic E-state index is 8.48. The molecule has 5 nitrogen and oxygen atoms in total. The van der Waals surface area contributed by atoms with E-state index in [1.807, 2.05) is 37.3 Å². The Morgan fingerprint density at radius 1 is 1.18 bits per heavy atom. The Hall–Kier alpha value is -3.62. The molecule has 0 bridgehead atoms. The molecule has 3 N–H and O–H groups in total. The van der Waals surface area contributed by atoms with E-state index in [9.17, 15) is 0 Å². The number of nitrogens with one attached hydrogen (secondary N) is 1. The summed E-state index contributed by atoms with van der Waals surface area (Å²) in [6, 6.07) is 8.66. The van der Waals surface area contributed by atoms with E-state index in [4.69, 9.17) is 14.8 Å². The minimum atomic E-state index is 0.0950. The van der Waals surface area contributed by atoms with Crippen molar-refractivity contribution in [2.24, 2.45) is 10.9 Å². The molecule has 1 aromatic carbocycles. The molecule has 0 radical (unpaired) electrons. The largest absolute Gasteiger partial charge is 0.460 e. The first-order chi connectivity index (χ1) is 22.0. The predicted octanol–water partition coefficient (Wildman–Crippen LogP) is 8.64. The highest BCUT2D eigenvalue weighted by atomic mass is 127. The number of alkyl halides is 1. The minimum Gasteiger partial charge on any atom is -0.460 e. The van der Waals surface area contributed by atoms with Gasteiger partial charge in [0, 0.05) is 35.2 Å². The number of likely N-dealkylation sites (N-methyl/N-ethyl adjacent to an activating group) is 1. The van der Waals surface area contributed by atoms with Crippen LogP contribution in [0.5, 0.6) is 0 Å². The number of rotatable bonds is 13. The maximum Gasteiger partial charge on any atom is 0.230 e. The number of aliphatic imine (C=N–C) groups is 1. The molecule has 2 aliphatic rings. The number of nitrogens with zero attached hydrogens (tertiary/aromatic N) is 2. The Balaban J connectivity index is 1.61. The molecule has 1 aromatic heterocycles. The van der Waals surface area contributed by atoms with Gasteiger partial charge in [-0.3, -0.25) is 10.7 Å². The van der Waals surface area contributed by atoms with E-state index in [1.165, 1.54) is 26.6 Å². The number of hydrogen-bond acceptors (Lipinski definition) is 3. The molecular formula is C39H48IN4O+. The number of hydrogen-bond donors (Lipinski definition) is 2. The summed E-state index contributed by atoms with van der Waals surface area (Å²) >= 11 is 0.0950. The van der Waals surface area contributed by atoms with Crippen LogP contribution < -0.4 is 5.32 Å². The topological polar surface area (TPSA) is 69.2 Å². The number of fused-ring (bicyclic) bond motifs is 3. The standard InChI is InChI=1S/C39H47IN4O/c1-6-9-11-13-19-37(41)43-39(42-27-16-12-10-7-2)31-21-20-30(28-29(31)4)44(5)35-23-22-33-32-17-14-15-18-36(32)45-38(33)34(35)24-26-40-25-8-3/h6-7,9-23,25,29,34-35H,1,8,24,26-28H2,2-5H3,(H2,41,42,43)/p+1. The van der Waals surface area contributed by atoms with E-state index < -0.39 is 0 Å². The Kier molecular flexibility index (Phi) is 13.5. The Morgan fingerprint density at radius 2 is 2.02 bits per heavy atom. The van der Waals surface area contributed by atoms with Gasteiger partial charge in [0.1, 0.15) is 17.9 Å². The average molecular weight is 716 g/mol. The van der Waals surface area contributed by atoms with Crippen LogP contribution in [-0.2, 0) is 0 Å². The van der Waals surface area contributed by atoms with Crippen molar-refractivity contribution in [2.75, 3.05) is 18.0 Å². The second-order valence-electron chi connectivity index (χ2n) is 11.3. The lowest BCUT2D eigenvalue weighted by Gasteiger charge is -2.38. The van der Waals surface area contributed by atoms with Crippen LogP contribution in [0.2, 0.25) is 0 Å². The van der Waals surface area contributed by atoms with Crippen LogP contribution in [0.4, 0.5) is 0 Å². The van der Waals surface area contributed by atoms with Gasteiger partial charge < -0.3 is 9.32 Å². The third kappa shape index (κ3) is 9.21. The summed E-state index contributed by atoms with van der Waals surface area (Å²) in [6.07, 6.45) is 29.5. The summed E-state index contributed by atoms with van der Waals surface area (Å²) in [7, 11) is 2.24. The number of para-hydroxylation sites is 1. The van der Waals surface area contributed by atoms with Gasteiger partial charge in [0.2, 0.25) is 5.84 Å². The highest BCUT2D eigenvalue weighted by Crippen LogP contribution is 2.42. The highest BCUT2D eigenvalue weighted by Gasteiger charge is 2.35. The molecule has 0 saturated heterocycles. The molecule has 0 spiro atoms. The fourth-order valence-electron chi connectivity index (χ4n) is 5.85. The molecule has 2 aromatic rings. The van der Waals surface area contributed by atoms with Gasteiger partial charge in [-0.2, -0.15) is 4.99 Å². The van der Waals surface area contributed by atoms with E-state index in [2.05, 4.69) is 102 Å². The number of nitrogens with two attached hydrogens (primary N) is 1. The first-order valence-electron chi connectivity index (χ1n) is 15.9. The van der Waals surface area contributed by atoms with Gasteiger partial charge in [-0.25, -0.2) is 0 Å². The fraction of sp³-hybridized carbons (Fsp3) is 0.308. The lowest BCUT2D eigenvalue weighted by atomic mass is 9.84. The number of quaternary nitrogens is 1. The van der Waals surface area contributed by atoms with Crippen LogP contribution in [0.3, 0.4) is 0 Å². The van der Waals surface area contributed by atoms with Crippen LogP contribution in [0, 0.1) is 11.3 Å². The van der Waals surface area contributed by atoms with Gasteiger partial charge in [-0.05, 0) is 66.9 Å². The Bertz CT molecular complexity index is 1610. The van der Waals surface area contributed by atoms with Crippen molar-refractivity contribution in [3.8, 4) is 0 Å². The lowest BCUT2D eigenvalue weighted by Crippen LogP contribution is -2.88. The molecular weight excluding hydrogens is 667 g/mol. The fourth-order valence-corrected chi connectivity index (χ4v) is 7.94. The van der Waals surface area contributed by atoms with Crippen molar-refractivity contribution in [1.29, 1.82) is 5.41 Å². The number of allylic oxidation sites excluding steroid dienone is 10. The van der Waals surface area contributed by atoms with Crippen molar-refractivity contribution in [3.63, 3.8) is 0 Å². The zero-order valence-electron chi connectivity index (χ0n) is 27.1. The zero-order chi connectivity index (χ0) is 32.0.